The first-order valence-corrected chi connectivity index (χ1v) is 6.78. The molecule has 0 bridgehead atoms. The van der Waals surface area contributed by atoms with Gasteiger partial charge < -0.3 is 14.4 Å². The van der Waals surface area contributed by atoms with Crippen molar-refractivity contribution < 1.29 is 14.3 Å². The molecule has 1 amide bonds. The summed E-state index contributed by atoms with van der Waals surface area (Å²) in [4.78, 5) is 13.7. The molecule has 0 aromatic carbocycles. The lowest BCUT2D eigenvalue weighted by Gasteiger charge is -2.26. The van der Waals surface area contributed by atoms with Crippen LogP contribution in [-0.2, 0) is 14.3 Å². The lowest BCUT2D eigenvalue weighted by atomic mass is 10.1. The lowest BCUT2D eigenvalue weighted by molar-refractivity contribution is -0.133. The van der Waals surface area contributed by atoms with E-state index < -0.39 is 0 Å². The van der Waals surface area contributed by atoms with Crippen LogP contribution < -0.4 is 0 Å². The third kappa shape index (κ3) is 6.64. The largest absolute Gasteiger partial charge is 0.379 e. The SMILES string of the molecule is CCCOCCOCCC(=O)N1CCCCC1. The topological polar surface area (TPSA) is 38.8 Å². The molecule has 0 aromatic rings. The minimum absolute atomic E-state index is 0.235. The highest BCUT2D eigenvalue weighted by atomic mass is 16.5. The molecule has 0 saturated carbocycles. The smallest absolute Gasteiger partial charge is 0.224 e. The minimum atomic E-state index is 0.235. The van der Waals surface area contributed by atoms with E-state index >= 15 is 0 Å². The van der Waals surface area contributed by atoms with Gasteiger partial charge in [-0.15, -0.1) is 0 Å². The Morgan fingerprint density at radius 2 is 1.65 bits per heavy atom. The molecule has 0 atom stereocenters. The van der Waals surface area contributed by atoms with E-state index in [1.165, 1.54) is 6.42 Å². The van der Waals surface area contributed by atoms with Crippen LogP contribution in [0.2, 0.25) is 0 Å². The third-order valence-electron chi connectivity index (χ3n) is 2.89. The van der Waals surface area contributed by atoms with Gasteiger partial charge in [-0.2, -0.15) is 0 Å². The highest BCUT2D eigenvalue weighted by Gasteiger charge is 2.15. The molecule has 0 aromatic heterocycles. The standard InChI is InChI=1S/C13H25NO3/c1-2-9-16-11-12-17-10-6-13(15)14-7-4-3-5-8-14/h2-12H2,1H3. The summed E-state index contributed by atoms with van der Waals surface area (Å²) in [7, 11) is 0. The Morgan fingerprint density at radius 3 is 2.29 bits per heavy atom. The zero-order valence-corrected chi connectivity index (χ0v) is 11.0. The second-order valence-corrected chi connectivity index (χ2v) is 4.42. The minimum Gasteiger partial charge on any atom is -0.379 e. The first kappa shape index (κ1) is 14.5. The van der Waals surface area contributed by atoms with E-state index in [4.69, 9.17) is 9.47 Å². The number of likely N-dealkylation sites (tertiary alicyclic amines) is 1. The van der Waals surface area contributed by atoms with Gasteiger partial charge in [-0.25, -0.2) is 0 Å². The summed E-state index contributed by atoms with van der Waals surface area (Å²) in [6, 6.07) is 0. The lowest BCUT2D eigenvalue weighted by Crippen LogP contribution is -2.36. The molecule has 100 valence electrons. The quantitative estimate of drug-likeness (QED) is 0.611. The molecule has 1 rings (SSSR count). The molecule has 17 heavy (non-hydrogen) atoms. The van der Waals surface area contributed by atoms with Crippen LogP contribution in [-0.4, -0.2) is 50.3 Å². The molecule has 4 heteroatoms. The Morgan fingerprint density at radius 1 is 1.00 bits per heavy atom. The van der Waals surface area contributed by atoms with Crippen molar-refractivity contribution in [3.05, 3.63) is 0 Å². The van der Waals surface area contributed by atoms with E-state index in [-0.39, 0.29) is 5.91 Å². The summed E-state index contributed by atoms with van der Waals surface area (Å²) >= 11 is 0. The number of rotatable bonds is 8. The Kier molecular flexibility index (Phi) is 8.01. The molecular formula is C13H25NO3. The predicted octanol–water partition coefficient (Wildman–Crippen LogP) is 1.83. The monoisotopic (exact) mass is 243 g/mol. The molecule has 0 N–H and O–H groups in total. The Bertz CT molecular complexity index is 203. The number of ether oxygens (including phenoxy) is 2. The molecule has 4 nitrogen and oxygen atoms in total. The van der Waals surface area contributed by atoms with E-state index in [1.807, 2.05) is 4.90 Å². The second-order valence-electron chi connectivity index (χ2n) is 4.42. The van der Waals surface area contributed by atoms with Crippen molar-refractivity contribution in [1.29, 1.82) is 0 Å². The van der Waals surface area contributed by atoms with Gasteiger partial charge in [0, 0.05) is 19.7 Å². The molecule has 0 unspecified atom stereocenters. The Labute approximate surface area is 104 Å². The summed E-state index contributed by atoms with van der Waals surface area (Å²) in [6.07, 6.45) is 5.10. The maximum atomic E-state index is 11.7. The zero-order chi connectivity index (χ0) is 12.3. The van der Waals surface area contributed by atoms with Gasteiger partial charge in [0.15, 0.2) is 0 Å². The zero-order valence-electron chi connectivity index (χ0n) is 11.0. The van der Waals surface area contributed by atoms with Crippen LogP contribution in [0, 0.1) is 0 Å². The molecule has 1 saturated heterocycles. The summed E-state index contributed by atoms with van der Waals surface area (Å²) in [5.74, 6) is 0.235. The van der Waals surface area contributed by atoms with E-state index in [2.05, 4.69) is 6.92 Å². The first-order chi connectivity index (χ1) is 8.34. The maximum absolute atomic E-state index is 11.7. The van der Waals surface area contributed by atoms with Crippen LogP contribution in [0.5, 0.6) is 0 Å². The van der Waals surface area contributed by atoms with Crippen LogP contribution in [0.4, 0.5) is 0 Å². The summed E-state index contributed by atoms with van der Waals surface area (Å²) in [5, 5.41) is 0. The van der Waals surface area contributed by atoms with Gasteiger partial charge in [0.25, 0.3) is 0 Å². The average Bonchev–Trinajstić information content (AvgIpc) is 2.38. The molecule has 1 aliphatic rings. The highest BCUT2D eigenvalue weighted by Crippen LogP contribution is 2.09. The number of amides is 1. The number of carbonyl (C=O) groups excluding carboxylic acids is 1. The van der Waals surface area contributed by atoms with Gasteiger partial charge >= 0.3 is 0 Å². The van der Waals surface area contributed by atoms with Crippen molar-refractivity contribution in [2.24, 2.45) is 0 Å². The van der Waals surface area contributed by atoms with Crippen LogP contribution >= 0.6 is 0 Å². The van der Waals surface area contributed by atoms with Gasteiger partial charge in [0.1, 0.15) is 0 Å². The van der Waals surface area contributed by atoms with Crippen LogP contribution in [0.15, 0.2) is 0 Å². The third-order valence-corrected chi connectivity index (χ3v) is 2.89. The van der Waals surface area contributed by atoms with Crippen molar-refractivity contribution in [2.75, 3.05) is 39.5 Å². The van der Waals surface area contributed by atoms with Gasteiger partial charge in [-0.3, -0.25) is 4.79 Å². The molecule has 1 aliphatic heterocycles. The van der Waals surface area contributed by atoms with Gasteiger partial charge in [0.2, 0.25) is 5.91 Å². The van der Waals surface area contributed by atoms with Gasteiger partial charge in [0.05, 0.1) is 26.2 Å². The number of hydrogen-bond donors (Lipinski definition) is 0. The maximum Gasteiger partial charge on any atom is 0.224 e. The summed E-state index contributed by atoms with van der Waals surface area (Å²) in [5.41, 5.74) is 0. The average molecular weight is 243 g/mol. The fraction of sp³-hybridized carbons (Fsp3) is 0.923. The van der Waals surface area contributed by atoms with Crippen LogP contribution in [0.25, 0.3) is 0 Å². The van der Waals surface area contributed by atoms with E-state index in [1.54, 1.807) is 0 Å². The number of carbonyl (C=O) groups is 1. The second kappa shape index (κ2) is 9.42. The molecule has 0 spiro atoms. The Balaban J connectivity index is 1.92. The summed E-state index contributed by atoms with van der Waals surface area (Å²) < 4.78 is 10.7. The van der Waals surface area contributed by atoms with Crippen molar-refractivity contribution >= 4 is 5.91 Å². The van der Waals surface area contributed by atoms with Gasteiger partial charge in [-0.05, 0) is 25.7 Å². The molecule has 1 heterocycles. The van der Waals surface area contributed by atoms with Crippen molar-refractivity contribution in [1.82, 2.24) is 4.90 Å². The van der Waals surface area contributed by atoms with Crippen molar-refractivity contribution in [2.45, 2.75) is 39.0 Å². The normalized spacial score (nSPS) is 16.2. The van der Waals surface area contributed by atoms with Crippen molar-refractivity contribution in [3.63, 3.8) is 0 Å². The molecular weight excluding hydrogens is 218 g/mol. The Hall–Kier alpha value is -0.610. The fourth-order valence-electron chi connectivity index (χ4n) is 1.93. The predicted molar refractivity (Wildman–Crippen MR) is 67.0 cm³/mol. The number of nitrogens with zero attached hydrogens (tertiary/aromatic N) is 1. The van der Waals surface area contributed by atoms with Crippen LogP contribution in [0.3, 0.4) is 0 Å². The number of piperidine rings is 1. The number of hydrogen-bond acceptors (Lipinski definition) is 3. The first-order valence-electron chi connectivity index (χ1n) is 6.78. The van der Waals surface area contributed by atoms with Crippen LogP contribution in [0.1, 0.15) is 39.0 Å². The fourth-order valence-corrected chi connectivity index (χ4v) is 1.93. The van der Waals surface area contributed by atoms with E-state index in [0.717, 1.165) is 39.0 Å². The summed E-state index contributed by atoms with van der Waals surface area (Å²) in [6.45, 7) is 6.47. The van der Waals surface area contributed by atoms with E-state index in [9.17, 15) is 4.79 Å². The molecule has 0 aliphatic carbocycles. The van der Waals surface area contributed by atoms with E-state index in [0.29, 0.717) is 26.2 Å². The highest BCUT2D eigenvalue weighted by molar-refractivity contribution is 5.76. The van der Waals surface area contributed by atoms with Crippen molar-refractivity contribution in [3.8, 4) is 0 Å². The van der Waals surface area contributed by atoms with Gasteiger partial charge in [-0.1, -0.05) is 6.92 Å². The molecule has 1 fully saturated rings. The molecule has 0 radical (unpaired) electrons.